The van der Waals surface area contributed by atoms with Crippen molar-refractivity contribution < 1.29 is 14.3 Å². The van der Waals surface area contributed by atoms with Crippen LogP contribution in [0.3, 0.4) is 0 Å². The molecular weight excluding hydrogens is 386 g/mol. The van der Waals surface area contributed by atoms with Gasteiger partial charge in [-0.15, -0.1) is 0 Å². The van der Waals surface area contributed by atoms with Crippen LogP contribution in [0.15, 0.2) is 72.8 Å². The number of carbonyl (C=O) groups excluding carboxylic acids is 2. The fourth-order valence-electron chi connectivity index (χ4n) is 3.83. The number of benzene rings is 3. The number of Topliss-reactive ketones (excluding diaryl/α,β-unsaturated/α-hetero) is 1. The molecule has 0 heterocycles. The van der Waals surface area contributed by atoms with E-state index in [1.165, 1.54) is 29.2 Å². The fourth-order valence-corrected chi connectivity index (χ4v) is 3.83. The maximum Gasteiger partial charge on any atom is 0.407 e. The summed E-state index contributed by atoms with van der Waals surface area (Å²) in [6.45, 7) is 2.25. The average molecular weight is 409 g/mol. The average Bonchev–Trinajstić information content (AvgIpc) is 3.11. The Morgan fingerprint density at radius 1 is 0.903 bits per heavy atom. The first-order chi connectivity index (χ1) is 15.1. The lowest BCUT2D eigenvalue weighted by Crippen LogP contribution is -2.26. The molecule has 0 radical (unpaired) electrons. The quantitative estimate of drug-likeness (QED) is 0.359. The van der Waals surface area contributed by atoms with Crippen molar-refractivity contribution in [1.29, 1.82) is 0 Å². The van der Waals surface area contributed by atoms with Crippen LogP contribution in [0.4, 0.5) is 4.79 Å². The summed E-state index contributed by atoms with van der Waals surface area (Å²) in [5.41, 5.74) is 6.31. The highest BCUT2D eigenvalue weighted by Crippen LogP contribution is 2.44. The molecule has 4 heteroatoms. The Morgan fingerprint density at radius 2 is 1.52 bits per heavy atom. The topological polar surface area (TPSA) is 55.4 Å². The van der Waals surface area contributed by atoms with Crippen LogP contribution in [0.1, 0.15) is 46.3 Å². The van der Waals surface area contributed by atoms with E-state index in [0.717, 1.165) is 5.56 Å². The van der Waals surface area contributed by atoms with Gasteiger partial charge < -0.3 is 10.1 Å². The van der Waals surface area contributed by atoms with E-state index in [1.807, 2.05) is 36.4 Å². The summed E-state index contributed by atoms with van der Waals surface area (Å²) in [5.74, 6) is 6.14. The number of fused-ring (bicyclic) bond motifs is 3. The molecule has 0 atom stereocenters. The van der Waals surface area contributed by atoms with E-state index in [4.69, 9.17) is 4.74 Å². The largest absolute Gasteiger partial charge is 0.449 e. The molecule has 31 heavy (non-hydrogen) atoms. The van der Waals surface area contributed by atoms with E-state index in [9.17, 15) is 9.59 Å². The molecule has 0 bridgehead atoms. The van der Waals surface area contributed by atoms with Crippen LogP contribution in [0.5, 0.6) is 0 Å². The maximum atomic E-state index is 12.1. The Morgan fingerprint density at radius 3 is 2.13 bits per heavy atom. The third-order valence-electron chi connectivity index (χ3n) is 5.39. The normalized spacial score (nSPS) is 11.6. The predicted octanol–water partition coefficient (Wildman–Crippen LogP) is 5.17. The number of carbonyl (C=O) groups is 2. The lowest BCUT2D eigenvalue weighted by molar-refractivity contribution is 0.101. The van der Waals surface area contributed by atoms with Gasteiger partial charge in [0.2, 0.25) is 0 Å². The summed E-state index contributed by atoms with van der Waals surface area (Å²) in [6.07, 6.45) is 0.0769. The molecule has 0 aromatic heterocycles. The van der Waals surface area contributed by atoms with Crippen LogP contribution in [-0.2, 0) is 4.74 Å². The van der Waals surface area contributed by atoms with Crippen LogP contribution in [-0.4, -0.2) is 25.0 Å². The van der Waals surface area contributed by atoms with E-state index in [-0.39, 0.29) is 11.7 Å². The molecule has 1 aliphatic carbocycles. The number of ether oxygens (including phenoxy) is 1. The van der Waals surface area contributed by atoms with Gasteiger partial charge in [-0.1, -0.05) is 72.5 Å². The van der Waals surface area contributed by atoms with Gasteiger partial charge in [-0.25, -0.2) is 4.79 Å². The molecule has 0 spiro atoms. The number of alkyl carbamates (subject to hydrolysis) is 1. The molecule has 4 nitrogen and oxygen atoms in total. The molecule has 0 fully saturated rings. The van der Waals surface area contributed by atoms with E-state index in [1.54, 1.807) is 12.1 Å². The van der Waals surface area contributed by atoms with Gasteiger partial charge in [0.25, 0.3) is 0 Å². The zero-order chi connectivity index (χ0) is 21.6. The molecule has 3 aromatic carbocycles. The monoisotopic (exact) mass is 409 g/mol. The Balaban J connectivity index is 1.27. The number of nitrogens with one attached hydrogen (secondary N) is 1. The van der Waals surface area contributed by atoms with Crippen molar-refractivity contribution in [2.75, 3.05) is 13.2 Å². The van der Waals surface area contributed by atoms with Crippen LogP contribution < -0.4 is 5.32 Å². The van der Waals surface area contributed by atoms with Crippen molar-refractivity contribution in [1.82, 2.24) is 5.32 Å². The molecule has 1 aliphatic rings. The summed E-state index contributed by atoms with van der Waals surface area (Å²) in [6, 6.07) is 23.7. The summed E-state index contributed by atoms with van der Waals surface area (Å²) < 4.78 is 5.51. The molecule has 4 rings (SSSR count). The Labute approximate surface area is 182 Å². The first kappa shape index (κ1) is 20.4. The van der Waals surface area contributed by atoms with Crippen molar-refractivity contribution in [3.05, 3.63) is 95.1 Å². The molecule has 1 N–H and O–H groups in total. The molecule has 0 saturated heterocycles. The van der Waals surface area contributed by atoms with Gasteiger partial charge in [0.15, 0.2) is 5.78 Å². The summed E-state index contributed by atoms with van der Waals surface area (Å²) in [5, 5.41) is 2.76. The van der Waals surface area contributed by atoms with Gasteiger partial charge in [-0.3, -0.25) is 4.79 Å². The zero-order valence-electron chi connectivity index (χ0n) is 17.4. The molecular formula is C27H23NO3. The van der Waals surface area contributed by atoms with E-state index < -0.39 is 6.09 Å². The van der Waals surface area contributed by atoms with Gasteiger partial charge in [-0.2, -0.15) is 0 Å². The minimum absolute atomic E-state index is 0.0341. The highest BCUT2D eigenvalue weighted by molar-refractivity contribution is 5.94. The minimum Gasteiger partial charge on any atom is -0.449 e. The number of ketones is 1. The van der Waals surface area contributed by atoms with Crippen molar-refractivity contribution in [3.63, 3.8) is 0 Å². The highest BCUT2D eigenvalue weighted by Gasteiger charge is 2.28. The molecule has 3 aromatic rings. The summed E-state index contributed by atoms with van der Waals surface area (Å²) in [7, 11) is 0. The van der Waals surface area contributed by atoms with Gasteiger partial charge in [0.1, 0.15) is 6.61 Å². The lowest BCUT2D eigenvalue weighted by atomic mass is 9.98. The lowest BCUT2D eigenvalue weighted by Gasteiger charge is -2.14. The fraction of sp³-hybridized carbons (Fsp3) is 0.185. The number of hydrogen-bond donors (Lipinski definition) is 1. The van der Waals surface area contributed by atoms with Crippen molar-refractivity contribution >= 4 is 11.9 Å². The first-order valence-corrected chi connectivity index (χ1v) is 10.3. The number of hydrogen-bond acceptors (Lipinski definition) is 3. The Kier molecular flexibility index (Phi) is 6.14. The van der Waals surface area contributed by atoms with Crippen LogP contribution in [0.2, 0.25) is 0 Å². The van der Waals surface area contributed by atoms with Crippen molar-refractivity contribution in [2.24, 2.45) is 0 Å². The smallest absolute Gasteiger partial charge is 0.407 e. The second-order valence-electron chi connectivity index (χ2n) is 7.44. The minimum atomic E-state index is -0.436. The van der Waals surface area contributed by atoms with Gasteiger partial charge in [0.05, 0.1) is 0 Å². The molecule has 1 amide bonds. The van der Waals surface area contributed by atoms with E-state index in [0.29, 0.717) is 25.1 Å². The molecule has 0 saturated carbocycles. The van der Waals surface area contributed by atoms with Crippen LogP contribution >= 0.6 is 0 Å². The molecule has 154 valence electrons. The van der Waals surface area contributed by atoms with Crippen LogP contribution in [0, 0.1) is 11.8 Å². The van der Waals surface area contributed by atoms with Gasteiger partial charge in [-0.05, 0) is 41.3 Å². The van der Waals surface area contributed by atoms with Crippen molar-refractivity contribution in [2.45, 2.75) is 19.3 Å². The SMILES string of the molecule is CC(=O)c1ccc(C#CCCNC(=O)OCC2c3ccccc3-c3ccccc32)cc1. The zero-order valence-corrected chi connectivity index (χ0v) is 17.4. The van der Waals surface area contributed by atoms with Gasteiger partial charge >= 0.3 is 6.09 Å². The Hall–Kier alpha value is -3.84. The second kappa shape index (κ2) is 9.32. The second-order valence-corrected chi connectivity index (χ2v) is 7.44. The van der Waals surface area contributed by atoms with Gasteiger partial charge in [0, 0.05) is 30.0 Å². The molecule has 0 unspecified atom stereocenters. The van der Waals surface area contributed by atoms with E-state index >= 15 is 0 Å². The predicted molar refractivity (Wildman–Crippen MR) is 121 cm³/mol. The standard InChI is InChI=1S/C27H23NO3/c1-19(29)21-15-13-20(14-16-21)8-6-7-17-28-27(30)31-18-26-24-11-4-2-9-22(24)23-10-3-5-12-25(23)26/h2-5,9-16,26H,7,17-18H2,1H3,(H,28,30). The van der Waals surface area contributed by atoms with E-state index in [2.05, 4.69) is 41.4 Å². The molecule has 0 aliphatic heterocycles. The summed E-state index contributed by atoms with van der Waals surface area (Å²) in [4.78, 5) is 23.4. The highest BCUT2D eigenvalue weighted by atomic mass is 16.5. The third-order valence-corrected chi connectivity index (χ3v) is 5.39. The van der Waals surface area contributed by atoms with Crippen LogP contribution in [0.25, 0.3) is 11.1 Å². The Bertz CT molecular complexity index is 1120. The number of amides is 1. The maximum absolute atomic E-state index is 12.1. The van der Waals surface area contributed by atoms with Crippen molar-refractivity contribution in [3.8, 4) is 23.0 Å². The summed E-state index contributed by atoms with van der Waals surface area (Å²) >= 11 is 0. The number of rotatable bonds is 5. The first-order valence-electron chi connectivity index (χ1n) is 10.3. The third kappa shape index (κ3) is 4.67.